The lowest BCUT2D eigenvalue weighted by Gasteiger charge is -2.32. The first-order valence-electron chi connectivity index (χ1n) is 10.2. The molecule has 0 aliphatic carbocycles. The minimum Gasteiger partial charge on any atom is -0.461 e. The van der Waals surface area contributed by atoms with E-state index in [1.165, 1.54) is 0 Å². The van der Waals surface area contributed by atoms with Gasteiger partial charge in [0.15, 0.2) is 0 Å². The molecule has 2 fully saturated rings. The van der Waals surface area contributed by atoms with Gasteiger partial charge in [-0.2, -0.15) is 0 Å². The van der Waals surface area contributed by atoms with Crippen LogP contribution in [-0.4, -0.2) is 64.1 Å². The Balaban J connectivity index is 1.56. The maximum atomic E-state index is 12.4. The molecule has 1 atom stereocenters. The number of rotatable bonds is 4. The fourth-order valence-corrected chi connectivity index (χ4v) is 3.24. The summed E-state index contributed by atoms with van der Waals surface area (Å²) < 4.78 is 23.2. The van der Waals surface area contributed by atoms with Crippen LogP contribution in [0.15, 0.2) is 12.4 Å². The van der Waals surface area contributed by atoms with Crippen molar-refractivity contribution in [3.05, 3.63) is 12.4 Å². The van der Waals surface area contributed by atoms with Crippen LogP contribution in [0.3, 0.4) is 0 Å². The van der Waals surface area contributed by atoms with Crippen molar-refractivity contribution in [1.29, 1.82) is 0 Å². The molecule has 160 valence electrons. The number of ether oxygens (including phenoxy) is 2. The summed E-state index contributed by atoms with van der Waals surface area (Å²) in [7, 11) is -0.508. The van der Waals surface area contributed by atoms with Crippen molar-refractivity contribution in [3.63, 3.8) is 0 Å². The number of nitrogens with zero attached hydrogens (tertiary/aromatic N) is 3. The molecule has 2 saturated heterocycles. The van der Waals surface area contributed by atoms with E-state index in [0.29, 0.717) is 13.2 Å². The lowest BCUT2D eigenvalue weighted by atomic mass is 9.81. The van der Waals surface area contributed by atoms with Gasteiger partial charge in [0, 0.05) is 24.4 Å². The van der Waals surface area contributed by atoms with Gasteiger partial charge >= 0.3 is 19.2 Å². The summed E-state index contributed by atoms with van der Waals surface area (Å²) in [6, 6.07) is 0.220. The Kier molecular flexibility index (Phi) is 5.84. The summed E-state index contributed by atoms with van der Waals surface area (Å²) in [6.07, 6.45) is 4.80. The van der Waals surface area contributed by atoms with Crippen LogP contribution in [0.25, 0.3) is 0 Å². The molecule has 0 bridgehead atoms. The molecule has 0 unspecified atom stereocenters. The summed E-state index contributed by atoms with van der Waals surface area (Å²) >= 11 is 0. The third-order valence-electron chi connectivity index (χ3n) is 5.58. The molecule has 3 heterocycles. The topological polar surface area (TPSA) is 83.0 Å². The molecule has 0 aromatic carbocycles. The molecule has 2 aliphatic heterocycles. The standard InChI is InChI=1S/C20H32BN3O5/c1-18(2,3)27-17(25)24-10-8-9-15(24)13-26-16-22-11-14(12-23-16)21-28-19(4,5)20(6,7)29-21/h11-12,15H,8-10,13H2,1-7H3/t15-/m0/s1. The molecule has 1 amide bonds. The Morgan fingerprint density at radius 1 is 1.21 bits per heavy atom. The summed E-state index contributed by atoms with van der Waals surface area (Å²) in [6.45, 7) is 14.6. The Morgan fingerprint density at radius 2 is 1.79 bits per heavy atom. The van der Waals surface area contributed by atoms with Gasteiger partial charge in [0.1, 0.15) is 12.2 Å². The van der Waals surface area contributed by atoms with Gasteiger partial charge < -0.3 is 23.7 Å². The highest BCUT2D eigenvalue weighted by Gasteiger charge is 2.52. The van der Waals surface area contributed by atoms with Crippen molar-refractivity contribution in [3.8, 4) is 6.01 Å². The number of hydrogen-bond donors (Lipinski definition) is 0. The molecule has 3 rings (SSSR count). The van der Waals surface area contributed by atoms with E-state index in [1.807, 2.05) is 48.5 Å². The number of carbonyl (C=O) groups excluding carboxylic acids is 1. The largest absolute Gasteiger partial charge is 0.498 e. The Bertz CT molecular complexity index is 717. The summed E-state index contributed by atoms with van der Waals surface area (Å²) in [5, 5.41) is 0. The normalized spacial score (nSPS) is 23.3. The zero-order chi connectivity index (χ0) is 21.4. The van der Waals surface area contributed by atoms with Crippen LogP contribution in [0.5, 0.6) is 6.01 Å². The summed E-state index contributed by atoms with van der Waals surface area (Å²) in [5.74, 6) is 0. The van der Waals surface area contributed by atoms with Crippen molar-refractivity contribution in [2.75, 3.05) is 13.2 Å². The molecular weight excluding hydrogens is 373 g/mol. The molecule has 0 spiro atoms. The van der Waals surface area contributed by atoms with Gasteiger partial charge in [-0.1, -0.05) is 0 Å². The summed E-state index contributed by atoms with van der Waals surface area (Å²) in [5.41, 5.74) is -0.606. The van der Waals surface area contributed by atoms with Gasteiger partial charge in [0.05, 0.1) is 17.2 Å². The summed E-state index contributed by atoms with van der Waals surface area (Å²) in [4.78, 5) is 22.7. The van der Waals surface area contributed by atoms with E-state index in [1.54, 1.807) is 17.3 Å². The van der Waals surface area contributed by atoms with E-state index in [-0.39, 0.29) is 18.1 Å². The molecule has 29 heavy (non-hydrogen) atoms. The van der Waals surface area contributed by atoms with Gasteiger partial charge in [0.2, 0.25) is 0 Å². The highest BCUT2D eigenvalue weighted by Crippen LogP contribution is 2.36. The van der Waals surface area contributed by atoms with Crippen LogP contribution in [-0.2, 0) is 14.0 Å². The third kappa shape index (κ3) is 5.01. The highest BCUT2D eigenvalue weighted by molar-refractivity contribution is 6.61. The molecule has 1 aromatic rings. The first-order chi connectivity index (χ1) is 13.4. The van der Waals surface area contributed by atoms with Crippen molar-refractivity contribution >= 4 is 18.7 Å². The molecule has 1 aromatic heterocycles. The third-order valence-corrected chi connectivity index (χ3v) is 5.58. The van der Waals surface area contributed by atoms with E-state index in [4.69, 9.17) is 18.8 Å². The predicted octanol–water partition coefficient (Wildman–Crippen LogP) is 2.55. The molecule has 0 N–H and O–H groups in total. The molecule has 8 nitrogen and oxygen atoms in total. The Hall–Kier alpha value is -1.87. The Labute approximate surface area is 173 Å². The first kappa shape index (κ1) is 21.8. The van der Waals surface area contributed by atoms with Gasteiger partial charge in [-0.3, -0.25) is 0 Å². The zero-order valence-corrected chi connectivity index (χ0v) is 18.5. The fourth-order valence-electron chi connectivity index (χ4n) is 3.24. The lowest BCUT2D eigenvalue weighted by Crippen LogP contribution is -2.42. The molecular formula is C20H32BN3O5. The monoisotopic (exact) mass is 405 g/mol. The second-order valence-corrected chi connectivity index (χ2v) is 9.67. The van der Waals surface area contributed by atoms with Gasteiger partial charge in [0.25, 0.3) is 0 Å². The second-order valence-electron chi connectivity index (χ2n) is 9.67. The number of aromatic nitrogens is 2. The number of carbonyl (C=O) groups is 1. The Morgan fingerprint density at radius 3 is 2.34 bits per heavy atom. The van der Waals surface area contributed by atoms with Crippen LogP contribution in [0.4, 0.5) is 4.79 Å². The van der Waals surface area contributed by atoms with E-state index < -0.39 is 23.9 Å². The lowest BCUT2D eigenvalue weighted by molar-refractivity contribution is 0.00578. The maximum Gasteiger partial charge on any atom is 0.498 e. The van der Waals surface area contributed by atoms with Crippen LogP contribution in [0.1, 0.15) is 61.3 Å². The van der Waals surface area contributed by atoms with Crippen molar-refractivity contribution in [2.45, 2.75) is 84.2 Å². The van der Waals surface area contributed by atoms with Gasteiger partial charge in [-0.25, -0.2) is 14.8 Å². The van der Waals surface area contributed by atoms with Crippen LogP contribution >= 0.6 is 0 Å². The minimum atomic E-state index is -0.516. The quantitative estimate of drug-likeness (QED) is 0.712. The van der Waals surface area contributed by atoms with Gasteiger partial charge in [-0.05, 0) is 61.3 Å². The van der Waals surface area contributed by atoms with Crippen LogP contribution in [0.2, 0.25) is 0 Å². The number of hydrogen-bond acceptors (Lipinski definition) is 7. The smallest absolute Gasteiger partial charge is 0.461 e. The van der Waals surface area contributed by atoms with E-state index in [2.05, 4.69) is 9.97 Å². The van der Waals surface area contributed by atoms with Crippen LogP contribution in [0, 0.1) is 0 Å². The molecule has 0 saturated carbocycles. The SMILES string of the molecule is CC(C)(C)OC(=O)N1CCC[C@H]1COc1ncc(B2OC(C)(C)C(C)(C)O2)cn1. The highest BCUT2D eigenvalue weighted by atomic mass is 16.7. The molecule has 2 aliphatic rings. The van der Waals surface area contributed by atoms with Crippen LogP contribution < -0.4 is 10.2 Å². The van der Waals surface area contributed by atoms with E-state index >= 15 is 0 Å². The zero-order valence-electron chi connectivity index (χ0n) is 18.5. The second kappa shape index (κ2) is 7.76. The van der Waals surface area contributed by atoms with Crippen molar-refractivity contribution < 1.29 is 23.6 Å². The van der Waals surface area contributed by atoms with E-state index in [9.17, 15) is 4.79 Å². The van der Waals surface area contributed by atoms with Crippen molar-refractivity contribution in [1.82, 2.24) is 14.9 Å². The number of likely N-dealkylation sites (tertiary alicyclic amines) is 1. The van der Waals surface area contributed by atoms with Gasteiger partial charge in [-0.15, -0.1) is 0 Å². The average molecular weight is 405 g/mol. The predicted molar refractivity (Wildman–Crippen MR) is 109 cm³/mol. The number of amides is 1. The average Bonchev–Trinajstić information content (AvgIpc) is 3.14. The fraction of sp³-hybridized carbons (Fsp3) is 0.750. The minimum absolute atomic E-state index is 0.0452. The van der Waals surface area contributed by atoms with Crippen molar-refractivity contribution in [2.24, 2.45) is 0 Å². The maximum absolute atomic E-state index is 12.4. The van der Waals surface area contributed by atoms with E-state index in [0.717, 1.165) is 18.3 Å². The first-order valence-corrected chi connectivity index (χ1v) is 10.2. The molecule has 9 heteroatoms. The molecule has 0 radical (unpaired) electrons.